The topological polar surface area (TPSA) is 55.2 Å². The minimum atomic E-state index is -0.322. The van der Waals surface area contributed by atoms with E-state index in [9.17, 15) is 10.1 Å². The molecule has 0 bridgehead atoms. The van der Waals surface area contributed by atoms with E-state index < -0.39 is 0 Å². The van der Waals surface area contributed by atoms with Crippen LogP contribution >= 0.6 is 0 Å². The van der Waals surface area contributed by atoms with Gasteiger partial charge in [-0.1, -0.05) is 36.4 Å². The number of nitrogens with one attached hydrogen (secondary N) is 1. The van der Waals surface area contributed by atoms with Crippen LogP contribution in [0.15, 0.2) is 66.5 Å². The molecule has 0 saturated carbocycles. The predicted octanol–water partition coefficient (Wildman–Crippen LogP) is 3.81. The van der Waals surface area contributed by atoms with E-state index in [4.69, 9.17) is 0 Å². The van der Waals surface area contributed by atoms with Crippen molar-refractivity contribution in [3.8, 4) is 11.1 Å². The van der Waals surface area contributed by atoms with Crippen molar-refractivity contribution in [1.29, 1.82) is 0 Å². The van der Waals surface area contributed by atoms with E-state index in [1.165, 1.54) is 27.3 Å². The Morgan fingerprint density at radius 2 is 1.89 bits per heavy atom. The number of non-ortho nitro benzene ring substituents is 1. The third-order valence-corrected chi connectivity index (χ3v) is 5.84. The highest BCUT2D eigenvalue weighted by atomic mass is 16.6. The lowest BCUT2D eigenvalue weighted by Gasteiger charge is -2.26. The summed E-state index contributed by atoms with van der Waals surface area (Å²) >= 11 is 0. The standard InChI is InChI=1S/C24H20N2O2/c27-26(28)17-9-11-18-16(15-17)8-10-21-19-5-4-6-23(22(19)13-12-20(18)21)24-7-2-1-3-14-25-24/h1-3,5,7,9-15,23,25H,4,6,8H2. The third kappa shape index (κ3) is 2.69. The Morgan fingerprint density at radius 1 is 1.00 bits per heavy atom. The summed E-state index contributed by atoms with van der Waals surface area (Å²) in [5, 5.41) is 17.1. The van der Waals surface area contributed by atoms with Crippen LogP contribution in [0.3, 0.4) is 0 Å². The van der Waals surface area contributed by atoms with E-state index in [2.05, 4.69) is 41.8 Å². The third-order valence-electron chi connectivity index (χ3n) is 5.84. The number of hydrogen-bond donors (Lipinski definition) is 1. The quantitative estimate of drug-likeness (QED) is 0.648. The fourth-order valence-corrected chi connectivity index (χ4v) is 4.54. The molecule has 2 aliphatic carbocycles. The Bertz CT molecular complexity index is 1200. The van der Waals surface area contributed by atoms with E-state index in [0.717, 1.165) is 30.4 Å². The van der Waals surface area contributed by atoms with Crippen LogP contribution in [-0.2, 0) is 6.42 Å². The summed E-state index contributed by atoms with van der Waals surface area (Å²) in [6.45, 7) is 0. The van der Waals surface area contributed by atoms with Gasteiger partial charge in [-0.05, 0) is 70.2 Å². The van der Waals surface area contributed by atoms with E-state index in [1.54, 1.807) is 12.1 Å². The molecule has 4 nitrogen and oxygen atoms in total. The summed E-state index contributed by atoms with van der Waals surface area (Å²) in [5.74, 6) is 0.351. The van der Waals surface area contributed by atoms with Gasteiger partial charge < -0.3 is 5.32 Å². The second kappa shape index (κ2) is 6.64. The van der Waals surface area contributed by atoms with Crippen LogP contribution in [0.4, 0.5) is 5.69 Å². The van der Waals surface area contributed by atoms with Gasteiger partial charge in [0.2, 0.25) is 0 Å². The fraction of sp³-hybridized carbons (Fsp3) is 0.167. The average Bonchev–Trinajstić information content (AvgIpc) is 3.01. The maximum atomic E-state index is 11.1. The first-order valence-electron chi connectivity index (χ1n) is 9.63. The van der Waals surface area contributed by atoms with E-state index in [-0.39, 0.29) is 10.6 Å². The highest BCUT2D eigenvalue weighted by Crippen LogP contribution is 2.32. The van der Waals surface area contributed by atoms with Crippen molar-refractivity contribution in [1.82, 2.24) is 5.32 Å². The summed E-state index contributed by atoms with van der Waals surface area (Å²) in [4.78, 5) is 10.8. The van der Waals surface area contributed by atoms with Crippen LogP contribution in [-0.4, -0.2) is 4.92 Å². The molecule has 1 N–H and O–H groups in total. The molecule has 1 unspecified atom stereocenters. The number of nitrogens with zero attached hydrogens (tertiary/aromatic N) is 1. The number of allylic oxidation sites excluding steroid dienone is 5. The minimum absolute atomic E-state index is 0.160. The highest BCUT2D eigenvalue weighted by molar-refractivity contribution is 5.75. The first-order valence-corrected chi connectivity index (χ1v) is 9.63. The molecule has 2 aromatic carbocycles. The van der Waals surface area contributed by atoms with Gasteiger partial charge >= 0.3 is 0 Å². The average molecular weight is 368 g/mol. The molecule has 0 saturated heterocycles. The number of nitro groups is 1. The molecule has 0 aromatic heterocycles. The van der Waals surface area contributed by atoms with Crippen molar-refractivity contribution in [3.63, 3.8) is 0 Å². The number of rotatable bonds is 2. The molecule has 1 aliphatic heterocycles. The molecular formula is C24H20N2O2. The van der Waals surface area contributed by atoms with Crippen molar-refractivity contribution in [2.24, 2.45) is 0 Å². The van der Waals surface area contributed by atoms with E-state index in [0.29, 0.717) is 5.92 Å². The summed E-state index contributed by atoms with van der Waals surface area (Å²) in [5.41, 5.74) is 6.05. The van der Waals surface area contributed by atoms with Crippen LogP contribution in [0.2, 0.25) is 0 Å². The maximum Gasteiger partial charge on any atom is 0.269 e. The molecule has 2 aromatic rings. The summed E-state index contributed by atoms with van der Waals surface area (Å²) in [6.07, 6.45) is 17.7. The van der Waals surface area contributed by atoms with Crippen molar-refractivity contribution < 1.29 is 4.92 Å². The van der Waals surface area contributed by atoms with E-state index in [1.807, 2.05) is 24.4 Å². The van der Waals surface area contributed by atoms with E-state index >= 15 is 0 Å². The number of nitro benzene ring substituents is 1. The van der Waals surface area contributed by atoms with Gasteiger partial charge in [-0.25, -0.2) is 0 Å². The van der Waals surface area contributed by atoms with Gasteiger partial charge in [-0.15, -0.1) is 0 Å². The zero-order valence-electron chi connectivity index (χ0n) is 15.4. The Balaban J connectivity index is 1.64. The molecule has 0 fully saturated rings. The van der Waals surface area contributed by atoms with Crippen molar-refractivity contribution in [2.75, 3.05) is 0 Å². The van der Waals surface area contributed by atoms with Crippen LogP contribution in [0, 0.1) is 10.1 Å². The molecule has 0 amide bonds. The monoisotopic (exact) mass is 368 g/mol. The van der Waals surface area contributed by atoms with Crippen molar-refractivity contribution in [2.45, 2.75) is 25.2 Å². The highest BCUT2D eigenvalue weighted by Gasteiger charge is 2.23. The molecule has 1 atom stereocenters. The molecule has 4 heteroatoms. The molecule has 0 spiro atoms. The lowest BCUT2D eigenvalue weighted by Crippen LogP contribution is -2.36. The van der Waals surface area contributed by atoms with Crippen LogP contribution in [0.5, 0.6) is 0 Å². The van der Waals surface area contributed by atoms with Gasteiger partial charge in [0.1, 0.15) is 0 Å². The minimum Gasteiger partial charge on any atom is -0.364 e. The van der Waals surface area contributed by atoms with Gasteiger partial charge in [0.25, 0.3) is 5.69 Å². The van der Waals surface area contributed by atoms with Gasteiger partial charge in [-0.3, -0.25) is 10.1 Å². The smallest absolute Gasteiger partial charge is 0.269 e. The molecule has 28 heavy (non-hydrogen) atoms. The molecular weight excluding hydrogens is 348 g/mol. The van der Waals surface area contributed by atoms with Crippen molar-refractivity contribution >= 4 is 17.8 Å². The zero-order valence-corrected chi connectivity index (χ0v) is 15.4. The molecule has 1 heterocycles. The lowest BCUT2D eigenvalue weighted by atomic mass is 9.81. The van der Waals surface area contributed by atoms with Crippen LogP contribution < -0.4 is 15.8 Å². The first kappa shape index (κ1) is 16.8. The molecule has 3 aliphatic rings. The van der Waals surface area contributed by atoms with Gasteiger partial charge in [0.15, 0.2) is 0 Å². The molecule has 0 radical (unpaired) electrons. The Hall–Kier alpha value is -3.40. The lowest BCUT2D eigenvalue weighted by molar-refractivity contribution is -0.384. The number of hydrogen-bond acceptors (Lipinski definition) is 3. The van der Waals surface area contributed by atoms with Gasteiger partial charge in [0, 0.05) is 29.9 Å². The van der Waals surface area contributed by atoms with Gasteiger partial charge in [-0.2, -0.15) is 0 Å². The molecule has 5 rings (SSSR count). The largest absolute Gasteiger partial charge is 0.364 e. The second-order valence-electron chi connectivity index (χ2n) is 7.38. The molecule has 138 valence electrons. The Labute approximate surface area is 163 Å². The summed E-state index contributed by atoms with van der Waals surface area (Å²) in [6, 6.07) is 9.64. The Morgan fingerprint density at radius 3 is 2.79 bits per heavy atom. The van der Waals surface area contributed by atoms with Crippen molar-refractivity contribution in [3.05, 3.63) is 98.2 Å². The van der Waals surface area contributed by atoms with Crippen LogP contribution in [0.25, 0.3) is 23.3 Å². The Kier molecular flexibility index (Phi) is 3.97. The summed E-state index contributed by atoms with van der Waals surface area (Å²) < 4.78 is 0. The maximum absolute atomic E-state index is 11.1. The normalized spacial score (nSPS) is 19.0. The second-order valence-corrected chi connectivity index (χ2v) is 7.38. The summed E-state index contributed by atoms with van der Waals surface area (Å²) in [7, 11) is 0. The van der Waals surface area contributed by atoms with Crippen LogP contribution in [0.1, 0.15) is 29.9 Å². The SMILES string of the molecule is O=[N+]([O-])c1ccc2c(c1)CC=c1c-2ccc2c1=CCCC2C1=CC=CC=CN1. The fourth-order valence-electron chi connectivity index (χ4n) is 4.54. The number of benzene rings is 2. The zero-order chi connectivity index (χ0) is 19.1. The first-order chi connectivity index (χ1) is 13.7. The predicted molar refractivity (Wildman–Crippen MR) is 112 cm³/mol. The number of fused-ring (bicyclic) bond motifs is 5. The van der Waals surface area contributed by atoms with Gasteiger partial charge in [0.05, 0.1) is 4.92 Å².